The molecule has 0 atom stereocenters. The van der Waals surface area contributed by atoms with E-state index in [1.54, 1.807) is 0 Å². The van der Waals surface area contributed by atoms with Gasteiger partial charge in [-0.15, -0.1) is 5.98 Å². The van der Waals surface area contributed by atoms with Crippen LogP contribution in [0.2, 0.25) is 0 Å². The molecule has 0 aromatic heterocycles. The molecule has 0 bridgehead atoms. The van der Waals surface area contributed by atoms with Gasteiger partial charge in [-0.25, -0.2) is 4.39 Å². The minimum absolute atomic E-state index is 0. The number of rotatable bonds is 3. The van der Waals surface area contributed by atoms with Crippen molar-refractivity contribution in [1.82, 2.24) is 0 Å². The van der Waals surface area contributed by atoms with Crippen LogP contribution in [0.4, 0.5) is 17.3 Å². The van der Waals surface area contributed by atoms with Crippen molar-refractivity contribution in [3.63, 3.8) is 0 Å². The molecule has 0 aliphatic rings. The standard InChI is InChI=1S/C9H8BF4O.K/c1-15-8-2-3-9(11)7(6-8)4-5-10(12,13)14;/h2-6H,1H3;/q-1;+1/b5-4+;. The van der Waals surface area contributed by atoms with E-state index in [4.69, 9.17) is 4.74 Å². The third-order valence-electron chi connectivity index (χ3n) is 1.70. The Hall–Kier alpha value is 0.181. The van der Waals surface area contributed by atoms with Gasteiger partial charge in [-0.2, -0.15) is 0 Å². The molecule has 0 spiro atoms. The second-order valence-electron chi connectivity index (χ2n) is 2.87. The Morgan fingerprint density at radius 2 is 1.88 bits per heavy atom. The molecule has 0 aliphatic carbocycles. The zero-order valence-electron chi connectivity index (χ0n) is 8.88. The van der Waals surface area contributed by atoms with Crippen molar-refractivity contribution in [2.75, 3.05) is 7.11 Å². The van der Waals surface area contributed by atoms with Gasteiger partial charge in [0.05, 0.1) is 7.11 Å². The van der Waals surface area contributed by atoms with Crippen LogP contribution in [0.3, 0.4) is 0 Å². The van der Waals surface area contributed by atoms with Gasteiger partial charge >= 0.3 is 58.4 Å². The molecule has 0 radical (unpaired) electrons. The number of hydrogen-bond donors (Lipinski definition) is 0. The maximum Gasteiger partial charge on any atom is 1.00 e. The van der Waals surface area contributed by atoms with Gasteiger partial charge in [0.15, 0.2) is 0 Å². The van der Waals surface area contributed by atoms with E-state index in [2.05, 4.69) is 0 Å². The van der Waals surface area contributed by atoms with Crippen LogP contribution in [0.5, 0.6) is 5.75 Å². The van der Waals surface area contributed by atoms with Crippen molar-refractivity contribution >= 4 is 13.1 Å². The molecule has 1 aromatic carbocycles. The van der Waals surface area contributed by atoms with E-state index in [0.29, 0.717) is 11.8 Å². The van der Waals surface area contributed by atoms with Crippen LogP contribution in [-0.4, -0.2) is 14.1 Å². The predicted molar refractivity (Wildman–Crippen MR) is 51.1 cm³/mol. The molecule has 0 heterocycles. The molecule has 0 aliphatic heterocycles. The van der Waals surface area contributed by atoms with E-state index < -0.39 is 12.8 Å². The van der Waals surface area contributed by atoms with Crippen molar-refractivity contribution in [1.29, 1.82) is 0 Å². The Bertz CT molecular complexity index is 378. The van der Waals surface area contributed by atoms with Crippen molar-refractivity contribution in [3.05, 3.63) is 35.6 Å². The van der Waals surface area contributed by atoms with Gasteiger partial charge in [-0.1, -0.05) is 6.08 Å². The topological polar surface area (TPSA) is 9.23 Å². The average Bonchev–Trinajstić information content (AvgIpc) is 2.15. The van der Waals surface area contributed by atoms with Gasteiger partial charge in [0.25, 0.3) is 0 Å². The number of methoxy groups -OCH3 is 1. The summed E-state index contributed by atoms with van der Waals surface area (Å²) in [5, 5.41) is 0. The summed E-state index contributed by atoms with van der Waals surface area (Å²) in [6, 6.07) is 3.60. The van der Waals surface area contributed by atoms with Crippen LogP contribution in [0.1, 0.15) is 5.56 Å². The molecular formula is C9H8BF4KO. The molecule has 16 heavy (non-hydrogen) atoms. The minimum Gasteiger partial charge on any atom is -0.497 e. The molecule has 1 nitrogen and oxygen atoms in total. The summed E-state index contributed by atoms with van der Waals surface area (Å²) < 4.78 is 53.4. The molecule has 0 unspecified atom stereocenters. The molecule has 0 N–H and O–H groups in total. The first-order valence-corrected chi connectivity index (χ1v) is 4.15. The second kappa shape index (κ2) is 6.81. The van der Waals surface area contributed by atoms with Crippen molar-refractivity contribution < 1.29 is 73.5 Å². The van der Waals surface area contributed by atoms with E-state index in [9.17, 15) is 17.3 Å². The van der Waals surface area contributed by atoms with Crippen molar-refractivity contribution in [3.8, 4) is 5.75 Å². The van der Waals surface area contributed by atoms with Gasteiger partial charge in [-0.05, 0) is 18.2 Å². The Labute approximate surface area is 133 Å². The van der Waals surface area contributed by atoms with Crippen molar-refractivity contribution in [2.24, 2.45) is 0 Å². The zero-order chi connectivity index (χ0) is 11.5. The van der Waals surface area contributed by atoms with E-state index in [0.717, 1.165) is 6.07 Å². The second-order valence-corrected chi connectivity index (χ2v) is 2.87. The molecule has 82 valence electrons. The fourth-order valence-electron chi connectivity index (χ4n) is 0.989. The molecule has 0 amide bonds. The average molecular weight is 258 g/mol. The molecule has 1 aromatic rings. The fraction of sp³-hybridized carbons (Fsp3) is 0.111. The van der Waals surface area contributed by atoms with E-state index in [-0.39, 0.29) is 62.9 Å². The van der Waals surface area contributed by atoms with Gasteiger partial charge in [0.1, 0.15) is 11.6 Å². The van der Waals surface area contributed by atoms with Crippen LogP contribution in [0.15, 0.2) is 24.2 Å². The van der Waals surface area contributed by atoms with Crippen LogP contribution in [-0.2, 0) is 0 Å². The number of halogens is 4. The van der Waals surface area contributed by atoms with Gasteiger partial charge in [0.2, 0.25) is 0 Å². The number of ether oxygens (including phenoxy) is 1. The maximum atomic E-state index is 13.0. The Morgan fingerprint density at radius 3 is 2.38 bits per heavy atom. The zero-order valence-corrected chi connectivity index (χ0v) is 12.0. The van der Waals surface area contributed by atoms with E-state index >= 15 is 0 Å². The quantitative estimate of drug-likeness (QED) is 0.557. The first-order chi connectivity index (χ1) is 6.92. The molecular weight excluding hydrogens is 250 g/mol. The summed E-state index contributed by atoms with van der Waals surface area (Å²) >= 11 is 0. The Kier molecular flexibility index (Phi) is 6.88. The van der Waals surface area contributed by atoms with Crippen LogP contribution >= 0.6 is 0 Å². The summed E-state index contributed by atoms with van der Waals surface area (Å²) in [5.74, 6) is -0.365. The Morgan fingerprint density at radius 1 is 1.25 bits per heavy atom. The summed E-state index contributed by atoms with van der Waals surface area (Å²) in [7, 11) is 1.36. The molecule has 0 saturated carbocycles. The van der Waals surface area contributed by atoms with Crippen LogP contribution in [0.25, 0.3) is 6.08 Å². The normalized spacial score (nSPS) is 11.3. The molecule has 0 saturated heterocycles. The SMILES string of the molecule is COc1ccc(F)c(/C=C/[B-](F)(F)F)c1.[K+]. The first-order valence-electron chi connectivity index (χ1n) is 4.15. The summed E-state index contributed by atoms with van der Waals surface area (Å²) in [5.41, 5.74) is -0.145. The van der Waals surface area contributed by atoms with Gasteiger partial charge in [-0.3, -0.25) is 0 Å². The van der Waals surface area contributed by atoms with Gasteiger partial charge in [0, 0.05) is 5.56 Å². The number of hydrogen-bond acceptors (Lipinski definition) is 1. The minimum atomic E-state index is -5.05. The predicted octanol–water partition coefficient (Wildman–Crippen LogP) is 0.238. The monoisotopic (exact) mass is 258 g/mol. The van der Waals surface area contributed by atoms with Crippen LogP contribution in [0, 0.1) is 5.82 Å². The third-order valence-corrected chi connectivity index (χ3v) is 1.70. The smallest absolute Gasteiger partial charge is 0.497 e. The largest absolute Gasteiger partial charge is 1.00 e. The molecule has 7 heteroatoms. The fourth-order valence-corrected chi connectivity index (χ4v) is 0.989. The number of benzene rings is 1. The van der Waals surface area contributed by atoms with E-state index in [1.165, 1.54) is 19.2 Å². The summed E-state index contributed by atoms with van der Waals surface area (Å²) in [6.45, 7) is -5.05. The maximum absolute atomic E-state index is 13.0. The third kappa shape index (κ3) is 5.49. The summed E-state index contributed by atoms with van der Waals surface area (Å²) in [6.07, 6.45) is 0.692. The molecule has 1 rings (SSSR count). The Balaban J connectivity index is 0.00000225. The van der Waals surface area contributed by atoms with Crippen molar-refractivity contribution in [2.45, 2.75) is 0 Å². The molecule has 0 fully saturated rings. The van der Waals surface area contributed by atoms with E-state index in [1.807, 2.05) is 0 Å². The van der Waals surface area contributed by atoms with Crippen LogP contribution < -0.4 is 56.1 Å². The van der Waals surface area contributed by atoms with Gasteiger partial charge < -0.3 is 17.7 Å². The summed E-state index contributed by atoms with van der Waals surface area (Å²) in [4.78, 5) is 0. The first kappa shape index (κ1) is 16.2.